The molecule has 0 unspecified atom stereocenters. The number of nitrogens with one attached hydrogen (secondary N) is 1. The minimum atomic E-state index is -0.225. The van der Waals surface area contributed by atoms with E-state index in [1.54, 1.807) is 25.3 Å². The summed E-state index contributed by atoms with van der Waals surface area (Å²) in [6.45, 7) is 0.891. The van der Waals surface area contributed by atoms with E-state index in [1.807, 2.05) is 24.3 Å². The van der Waals surface area contributed by atoms with Gasteiger partial charge in [-0.1, -0.05) is 35.6 Å². The third-order valence-electron chi connectivity index (χ3n) is 4.05. The Morgan fingerprint density at radius 3 is 2.40 bits per heavy atom. The van der Waals surface area contributed by atoms with Crippen molar-refractivity contribution in [2.75, 3.05) is 27.4 Å². The van der Waals surface area contributed by atoms with E-state index in [2.05, 4.69) is 5.32 Å². The van der Waals surface area contributed by atoms with Crippen LogP contribution >= 0.6 is 35.6 Å². The predicted molar refractivity (Wildman–Crippen MR) is 123 cm³/mol. The molecule has 9 heteroatoms. The van der Waals surface area contributed by atoms with Crippen LogP contribution in [0.1, 0.15) is 12.0 Å². The summed E-state index contributed by atoms with van der Waals surface area (Å²) in [5, 5.41) is 2.97. The van der Waals surface area contributed by atoms with Gasteiger partial charge in [-0.25, -0.2) is 0 Å². The molecule has 0 atom stereocenters. The highest BCUT2D eigenvalue weighted by atomic mass is 35.5. The zero-order valence-electron chi connectivity index (χ0n) is 16.4. The molecule has 1 heterocycles. The van der Waals surface area contributed by atoms with Crippen molar-refractivity contribution in [3.05, 3.63) is 51.9 Å². The van der Waals surface area contributed by atoms with Crippen LogP contribution < -0.4 is 24.3 Å². The molecule has 0 saturated carbocycles. The molecule has 1 aliphatic rings. The number of carbonyl (C=O) groups is 1. The monoisotopic (exact) mass is 465 g/mol. The third-order valence-corrected chi connectivity index (χ3v) is 5.50. The first-order valence-electron chi connectivity index (χ1n) is 9.02. The van der Waals surface area contributed by atoms with Gasteiger partial charge in [0.05, 0.1) is 37.4 Å². The molecule has 1 aliphatic heterocycles. The number of hydrogen-bond acceptors (Lipinski definition) is 7. The molecule has 1 amide bonds. The fourth-order valence-electron chi connectivity index (χ4n) is 2.63. The van der Waals surface area contributed by atoms with E-state index in [4.69, 9.17) is 42.8 Å². The molecule has 2 aromatic carbocycles. The second kappa shape index (κ2) is 10.6. The Hall–Kier alpha value is -2.42. The van der Waals surface area contributed by atoms with Gasteiger partial charge in [0.15, 0.2) is 11.5 Å². The first-order valence-corrected chi connectivity index (χ1v) is 10.6. The highest BCUT2D eigenvalue weighted by molar-refractivity contribution is 8.26. The summed E-state index contributed by atoms with van der Waals surface area (Å²) < 4.78 is 22.5. The average molecular weight is 466 g/mol. The Labute approximate surface area is 189 Å². The number of halogens is 1. The maximum absolute atomic E-state index is 11.8. The van der Waals surface area contributed by atoms with Crippen molar-refractivity contribution in [2.45, 2.75) is 6.42 Å². The number of benzene rings is 2. The molecule has 2 aromatic rings. The SMILES string of the molecule is COc1ccc(OCCCOc2c(Cl)cc(C=C3SC(=S)NC3=O)cc2OC)cc1. The second-order valence-electron chi connectivity index (χ2n) is 6.11. The van der Waals surface area contributed by atoms with Gasteiger partial charge in [-0.15, -0.1) is 0 Å². The summed E-state index contributed by atoms with van der Waals surface area (Å²) in [4.78, 5) is 12.3. The number of thiocarbonyl (C=S) groups is 1. The van der Waals surface area contributed by atoms with Gasteiger partial charge in [0.1, 0.15) is 15.8 Å². The van der Waals surface area contributed by atoms with Gasteiger partial charge >= 0.3 is 0 Å². The summed E-state index contributed by atoms with van der Waals surface area (Å²) >= 11 is 12.6. The summed E-state index contributed by atoms with van der Waals surface area (Å²) in [5.74, 6) is 2.25. The first-order chi connectivity index (χ1) is 14.5. The number of carbonyl (C=O) groups excluding carboxylic acids is 1. The van der Waals surface area contributed by atoms with Gasteiger partial charge in [0, 0.05) is 6.42 Å². The minimum absolute atomic E-state index is 0.225. The van der Waals surface area contributed by atoms with Crippen LogP contribution in [-0.2, 0) is 4.79 Å². The highest BCUT2D eigenvalue weighted by Crippen LogP contribution is 2.38. The standard InChI is InChI=1S/C21H20ClNO5S2/c1-25-14-4-6-15(7-5-14)27-8-3-9-28-19-16(22)10-13(11-17(19)26-2)12-18-20(24)23-21(29)30-18/h4-7,10-12H,3,8-9H2,1-2H3,(H,23,24,29). The van der Waals surface area contributed by atoms with Crippen LogP contribution in [0.25, 0.3) is 6.08 Å². The highest BCUT2D eigenvalue weighted by Gasteiger charge is 2.22. The van der Waals surface area contributed by atoms with E-state index in [9.17, 15) is 4.79 Å². The van der Waals surface area contributed by atoms with Crippen molar-refractivity contribution >= 4 is 51.9 Å². The maximum atomic E-state index is 11.8. The lowest BCUT2D eigenvalue weighted by molar-refractivity contribution is -0.115. The van der Waals surface area contributed by atoms with Crippen molar-refractivity contribution < 1.29 is 23.7 Å². The van der Waals surface area contributed by atoms with Gasteiger partial charge in [0.25, 0.3) is 5.91 Å². The quantitative estimate of drug-likeness (QED) is 0.327. The minimum Gasteiger partial charge on any atom is -0.497 e. The Balaban J connectivity index is 1.57. The van der Waals surface area contributed by atoms with Crippen LogP contribution in [0.15, 0.2) is 41.3 Å². The molecule has 0 aromatic heterocycles. The molecule has 3 rings (SSSR count). The van der Waals surface area contributed by atoms with Crippen molar-refractivity contribution in [3.63, 3.8) is 0 Å². The molecular formula is C21H20ClNO5S2. The van der Waals surface area contributed by atoms with Gasteiger partial charge in [-0.05, 0) is 48.0 Å². The van der Waals surface area contributed by atoms with Crippen LogP contribution in [-0.4, -0.2) is 37.7 Å². The molecule has 1 saturated heterocycles. The molecular weight excluding hydrogens is 446 g/mol. The third kappa shape index (κ3) is 5.81. The fourth-order valence-corrected chi connectivity index (χ4v) is 3.95. The summed E-state index contributed by atoms with van der Waals surface area (Å²) in [6.07, 6.45) is 2.37. The lowest BCUT2D eigenvalue weighted by Gasteiger charge is -2.14. The summed E-state index contributed by atoms with van der Waals surface area (Å²) in [6, 6.07) is 10.9. The first kappa shape index (κ1) is 22.3. The van der Waals surface area contributed by atoms with Crippen LogP contribution in [0, 0.1) is 0 Å². The fraction of sp³-hybridized carbons (Fsp3) is 0.238. The number of rotatable bonds is 9. The van der Waals surface area contributed by atoms with Crippen LogP contribution in [0.2, 0.25) is 5.02 Å². The van der Waals surface area contributed by atoms with E-state index in [0.717, 1.165) is 17.1 Å². The van der Waals surface area contributed by atoms with Gasteiger partial charge < -0.3 is 24.3 Å². The van der Waals surface area contributed by atoms with Crippen LogP contribution in [0.5, 0.6) is 23.0 Å². The van der Waals surface area contributed by atoms with E-state index < -0.39 is 0 Å². The normalized spacial score (nSPS) is 14.6. The zero-order chi connectivity index (χ0) is 21.5. The van der Waals surface area contributed by atoms with Gasteiger partial charge in [-0.3, -0.25) is 4.79 Å². The molecule has 6 nitrogen and oxygen atoms in total. The van der Waals surface area contributed by atoms with Crippen molar-refractivity contribution in [1.82, 2.24) is 5.32 Å². The molecule has 1 fully saturated rings. The molecule has 158 valence electrons. The Morgan fingerprint density at radius 1 is 1.07 bits per heavy atom. The largest absolute Gasteiger partial charge is 0.497 e. The molecule has 0 radical (unpaired) electrons. The van der Waals surface area contributed by atoms with E-state index in [0.29, 0.717) is 45.4 Å². The number of ether oxygens (including phenoxy) is 4. The van der Waals surface area contributed by atoms with E-state index in [-0.39, 0.29) is 5.91 Å². The van der Waals surface area contributed by atoms with Crippen molar-refractivity contribution in [2.24, 2.45) is 0 Å². The molecule has 0 bridgehead atoms. The van der Waals surface area contributed by atoms with E-state index >= 15 is 0 Å². The summed E-state index contributed by atoms with van der Waals surface area (Å²) in [7, 11) is 3.16. The maximum Gasteiger partial charge on any atom is 0.263 e. The molecule has 1 N–H and O–H groups in total. The Morgan fingerprint density at radius 2 is 1.77 bits per heavy atom. The van der Waals surface area contributed by atoms with Crippen molar-refractivity contribution in [1.29, 1.82) is 0 Å². The molecule has 30 heavy (non-hydrogen) atoms. The zero-order valence-corrected chi connectivity index (χ0v) is 18.8. The number of methoxy groups -OCH3 is 2. The number of thioether (sulfide) groups is 1. The lowest BCUT2D eigenvalue weighted by Crippen LogP contribution is -2.17. The number of hydrogen-bond donors (Lipinski definition) is 1. The smallest absolute Gasteiger partial charge is 0.263 e. The second-order valence-corrected chi connectivity index (χ2v) is 8.24. The van der Waals surface area contributed by atoms with E-state index in [1.165, 1.54) is 18.9 Å². The Kier molecular flexibility index (Phi) is 7.84. The predicted octanol–water partition coefficient (Wildman–Crippen LogP) is 4.69. The van der Waals surface area contributed by atoms with Crippen LogP contribution in [0.3, 0.4) is 0 Å². The molecule has 0 aliphatic carbocycles. The van der Waals surface area contributed by atoms with Gasteiger partial charge in [0.2, 0.25) is 0 Å². The molecule has 0 spiro atoms. The van der Waals surface area contributed by atoms with Gasteiger partial charge in [-0.2, -0.15) is 0 Å². The van der Waals surface area contributed by atoms with Crippen molar-refractivity contribution in [3.8, 4) is 23.0 Å². The number of amides is 1. The average Bonchev–Trinajstić information content (AvgIpc) is 3.05. The topological polar surface area (TPSA) is 66.0 Å². The lowest BCUT2D eigenvalue weighted by atomic mass is 10.2. The Bertz CT molecular complexity index is 963. The van der Waals surface area contributed by atoms with Crippen LogP contribution in [0.4, 0.5) is 0 Å². The summed E-state index contributed by atoms with van der Waals surface area (Å²) in [5.41, 5.74) is 0.717.